The number of amides is 2. The van der Waals surface area contributed by atoms with E-state index >= 15 is 0 Å². The zero-order chi connectivity index (χ0) is 13.7. The van der Waals surface area contributed by atoms with E-state index in [9.17, 15) is 4.79 Å². The van der Waals surface area contributed by atoms with Crippen LogP contribution in [0.3, 0.4) is 0 Å². The monoisotopic (exact) mass is 258 g/mol. The number of urea groups is 1. The minimum absolute atomic E-state index is 0.0799. The van der Waals surface area contributed by atoms with E-state index < -0.39 is 0 Å². The molecule has 106 valence electrons. The molecule has 0 N–H and O–H groups in total. The highest BCUT2D eigenvalue weighted by Gasteiger charge is 2.35. The molecule has 1 rings (SSSR count). The molecule has 18 heavy (non-hydrogen) atoms. The maximum absolute atomic E-state index is 12.2. The molecule has 1 saturated heterocycles. The maximum Gasteiger partial charge on any atom is 0.320 e. The van der Waals surface area contributed by atoms with Crippen LogP contribution in [-0.4, -0.2) is 68.4 Å². The van der Waals surface area contributed by atoms with Crippen LogP contribution in [0.15, 0.2) is 0 Å². The van der Waals surface area contributed by atoms with Gasteiger partial charge in [0.1, 0.15) is 0 Å². The molecule has 1 heterocycles. The van der Waals surface area contributed by atoms with Crippen LogP contribution in [0.4, 0.5) is 4.79 Å². The van der Waals surface area contributed by atoms with E-state index in [-0.39, 0.29) is 18.2 Å². The van der Waals surface area contributed by atoms with Gasteiger partial charge in [0, 0.05) is 33.9 Å². The van der Waals surface area contributed by atoms with Crippen molar-refractivity contribution in [3.63, 3.8) is 0 Å². The van der Waals surface area contributed by atoms with Crippen molar-refractivity contribution >= 4 is 6.03 Å². The Kier molecular flexibility index (Phi) is 5.88. The van der Waals surface area contributed by atoms with Crippen LogP contribution in [-0.2, 0) is 9.47 Å². The summed E-state index contributed by atoms with van der Waals surface area (Å²) in [5, 5.41) is 0. The SMILES string of the molecule is COCCN1CCN(C(C)C(OC)C(C)C)C1=O. The van der Waals surface area contributed by atoms with Crippen molar-refractivity contribution < 1.29 is 14.3 Å². The van der Waals surface area contributed by atoms with Crippen LogP contribution in [0.1, 0.15) is 20.8 Å². The zero-order valence-corrected chi connectivity index (χ0v) is 12.2. The fourth-order valence-electron chi connectivity index (χ4n) is 2.59. The lowest BCUT2D eigenvalue weighted by Crippen LogP contribution is -2.47. The topological polar surface area (TPSA) is 42.0 Å². The van der Waals surface area contributed by atoms with Gasteiger partial charge in [-0.2, -0.15) is 0 Å². The fourth-order valence-corrected chi connectivity index (χ4v) is 2.59. The molecular weight excluding hydrogens is 232 g/mol. The Morgan fingerprint density at radius 2 is 1.89 bits per heavy atom. The summed E-state index contributed by atoms with van der Waals surface area (Å²) >= 11 is 0. The molecule has 5 heteroatoms. The first kappa shape index (κ1) is 15.2. The number of carbonyl (C=O) groups excluding carboxylic acids is 1. The van der Waals surface area contributed by atoms with Crippen molar-refractivity contribution in [1.82, 2.24) is 9.80 Å². The van der Waals surface area contributed by atoms with Crippen molar-refractivity contribution in [2.75, 3.05) is 40.5 Å². The normalized spacial score (nSPS) is 19.8. The Morgan fingerprint density at radius 1 is 1.22 bits per heavy atom. The summed E-state index contributed by atoms with van der Waals surface area (Å²) in [4.78, 5) is 16.0. The number of ether oxygens (including phenoxy) is 2. The molecule has 1 aliphatic heterocycles. The van der Waals surface area contributed by atoms with Crippen molar-refractivity contribution in [2.45, 2.75) is 32.9 Å². The summed E-state index contributed by atoms with van der Waals surface area (Å²) < 4.78 is 10.5. The van der Waals surface area contributed by atoms with Gasteiger partial charge in [0.15, 0.2) is 0 Å². The van der Waals surface area contributed by atoms with Crippen LogP contribution in [0.25, 0.3) is 0 Å². The van der Waals surface area contributed by atoms with Crippen molar-refractivity contribution in [2.24, 2.45) is 5.92 Å². The Morgan fingerprint density at radius 3 is 2.39 bits per heavy atom. The molecule has 5 nitrogen and oxygen atoms in total. The molecule has 0 radical (unpaired) electrons. The minimum Gasteiger partial charge on any atom is -0.383 e. The molecule has 2 atom stereocenters. The Labute approximate surface area is 110 Å². The van der Waals surface area contributed by atoms with Gasteiger partial charge < -0.3 is 19.3 Å². The second-order valence-corrected chi connectivity index (χ2v) is 5.14. The highest BCUT2D eigenvalue weighted by atomic mass is 16.5. The van der Waals surface area contributed by atoms with Crippen molar-refractivity contribution in [1.29, 1.82) is 0 Å². The average Bonchev–Trinajstić information content (AvgIpc) is 2.68. The zero-order valence-electron chi connectivity index (χ0n) is 12.2. The third kappa shape index (κ3) is 3.36. The summed E-state index contributed by atoms with van der Waals surface area (Å²) in [5.41, 5.74) is 0. The molecule has 0 aromatic rings. The molecule has 1 aliphatic rings. The van der Waals surface area contributed by atoms with Gasteiger partial charge in [-0.25, -0.2) is 4.79 Å². The van der Waals surface area contributed by atoms with Gasteiger partial charge in [-0.05, 0) is 12.8 Å². The maximum atomic E-state index is 12.2. The van der Waals surface area contributed by atoms with E-state index in [0.717, 1.165) is 13.1 Å². The molecule has 0 saturated carbocycles. The summed E-state index contributed by atoms with van der Waals surface area (Å²) in [6.07, 6.45) is 0.0799. The van der Waals surface area contributed by atoms with Gasteiger partial charge >= 0.3 is 6.03 Å². The van der Waals surface area contributed by atoms with E-state index in [1.165, 1.54) is 0 Å². The number of carbonyl (C=O) groups is 1. The molecule has 0 bridgehead atoms. The fraction of sp³-hybridized carbons (Fsp3) is 0.923. The van der Waals surface area contributed by atoms with Crippen LogP contribution in [0.5, 0.6) is 0 Å². The first-order valence-electron chi connectivity index (χ1n) is 6.60. The van der Waals surface area contributed by atoms with E-state index in [4.69, 9.17) is 9.47 Å². The molecule has 0 spiro atoms. The molecule has 0 aromatic heterocycles. The van der Waals surface area contributed by atoms with Gasteiger partial charge in [-0.15, -0.1) is 0 Å². The predicted octanol–water partition coefficient (Wildman–Crippen LogP) is 1.43. The van der Waals surface area contributed by atoms with Crippen LogP contribution in [0, 0.1) is 5.92 Å². The third-order valence-electron chi connectivity index (χ3n) is 3.59. The average molecular weight is 258 g/mol. The summed E-state index contributed by atoms with van der Waals surface area (Å²) in [6, 6.07) is 0.206. The number of hydrogen-bond donors (Lipinski definition) is 0. The number of hydrogen-bond acceptors (Lipinski definition) is 3. The smallest absolute Gasteiger partial charge is 0.320 e. The summed E-state index contributed by atoms with van der Waals surface area (Å²) in [6.45, 7) is 9.11. The first-order chi connectivity index (χ1) is 8.52. The molecule has 1 fully saturated rings. The second kappa shape index (κ2) is 6.95. The second-order valence-electron chi connectivity index (χ2n) is 5.14. The van der Waals surface area contributed by atoms with E-state index in [1.807, 2.05) is 9.80 Å². The van der Waals surface area contributed by atoms with Crippen LogP contribution < -0.4 is 0 Å². The quantitative estimate of drug-likeness (QED) is 0.694. The summed E-state index contributed by atoms with van der Waals surface area (Å²) in [7, 11) is 3.37. The Hall–Kier alpha value is -0.810. The van der Waals surface area contributed by atoms with Crippen LogP contribution >= 0.6 is 0 Å². The number of nitrogens with zero attached hydrogens (tertiary/aromatic N) is 2. The summed E-state index contributed by atoms with van der Waals surface area (Å²) in [5.74, 6) is 0.394. The number of methoxy groups -OCH3 is 2. The minimum atomic E-state index is 0.0799. The van der Waals surface area contributed by atoms with Gasteiger partial charge in [0.25, 0.3) is 0 Å². The van der Waals surface area contributed by atoms with E-state index in [2.05, 4.69) is 20.8 Å². The lowest BCUT2D eigenvalue weighted by Gasteiger charge is -2.33. The number of rotatable bonds is 7. The molecular formula is C13H26N2O3. The highest BCUT2D eigenvalue weighted by molar-refractivity contribution is 5.76. The molecule has 0 aliphatic carbocycles. The molecule has 0 aromatic carbocycles. The third-order valence-corrected chi connectivity index (χ3v) is 3.59. The largest absolute Gasteiger partial charge is 0.383 e. The van der Waals surface area contributed by atoms with Crippen molar-refractivity contribution in [3.05, 3.63) is 0 Å². The lowest BCUT2D eigenvalue weighted by molar-refractivity contribution is 0.00963. The van der Waals surface area contributed by atoms with Gasteiger partial charge in [-0.3, -0.25) is 0 Å². The van der Waals surface area contributed by atoms with Gasteiger partial charge in [0.2, 0.25) is 0 Å². The van der Waals surface area contributed by atoms with Crippen LogP contribution in [0.2, 0.25) is 0 Å². The Bertz CT molecular complexity index is 271. The first-order valence-corrected chi connectivity index (χ1v) is 6.60. The van der Waals surface area contributed by atoms with Gasteiger partial charge in [0.05, 0.1) is 18.8 Å². The predicted molar refractivity (Wildman–Crippen MR) is 70.6 cm³/mol. The van der Waals surface area contributed by atoms with Crippen molar-refractivity contribution in [3.8, 4) is 0 Å². The Balaban J connectivity index is 2.60. The van der Waals surface area contributed by atoms with E-state index in [1.54, 1.807) is 14.2 Å². The van der Waals surface area contributed by atoms with Gasteiger partial charge in [-0.1, -0.05) is 13.8 Å². The molecule has 2 unspecified atom stereocenters. The lowest BCUT2D eigenvalue weighted by atomic mass is 10.00. The molecule has 2 amide bonds. The van der Waals surface area contributed by atoms with E-state index in [0.29, 0.717) is 19.1 Å². The standard InChI is InChI=1S/C13H26N2O3/c1-10(2)12(18-5)11(3)15-7-6-14(13(15)16)8-9-17-4/h10-12H,6-9H2,1-5H3. The highest BCUT2D eigenvalue weighted by Crippen LogP contribution is 2.20.